The fourth-order valence-electron chi connectivity index (χ4n) is 3.53. The molecule has 166 valence electrons. The largest absolute Gasteiger partial charge is 0.298 e. The van der Waals surface area contributed by atoms with Crippen LogP contribution in [0.2, 0.25) is 0 Å². The van der Waals surface area contributed by atoms with Crippen LogP contribution >= 0.6 is 0 Å². The number of carbonyl (C=O) groups excluding carboxylic acids is 1. The minimum atomic E-state index is -3.60. The van der Waals surface area contributed by atoms with Crippen LogP contribution in [0.1, 0.15) is 30.9 Å². The zero-order valence-corrected chi connectivity index (χ0v) is 18.9. The van der Waals surface area contributed by atoms with E-state index in [9.17, 15) is 13.2 Å². The summed E-state index contributed by atoms with van der Waals surface area (Å²) in [7, 11) is -3.60. The summed E-state index contributed by atoms with van der Waals surface area (Å²) in [6.45, 7) is 4.38. The number of sulfonamides is 1. The van der Waals surface area contributed by atoms with Crippen molar-refractivity contribution in [3.63, 3.8) is 0 Å². The summed E-state index contributed by atoms with van der Waals surface area (Å²) in [5.41, 5.74) is 6.32. The van der Waals surface area contributed by atoms with Gasteiger partial charge in [0.15, 0.2) is 0 Å². The molecule has 0 spiro atoms. The van der Waals surface area contributed by atoms with Crippen LogP contribution in [-0.4, -0.2) is 50.8 Å². The number of hydrogen-bond donors (Lipinski definition) is 1. The molecule has 1 N–H and O–H groups in total. The van der Waals surface area contributed by atoms with Gasteiger partial charge in [0.25, 0.3) is 5.91 Å². The molecule has 1 aliphatic rings. The third-order valence-corrected chi connectivity index (χ3v) is 6.48. The fourth-order valence-corrected chi connectivity index (χ4v) is 4.38. The lowest BCUT2D eigenvalue weighted by Gasteiger charge is -2.27. The number of piperidine rings is 1. The lowest BCUT2D eigenvalue weighted by atomic mass is 10.1. The maximum absolute atomic E-state index is 12.4. The average Bonchev–Trinajstić information content (AvgIpc) is 2.77. The number of hydrazone groups is 1. The van der Waals surface area contributed by atoms with Gasteiger partial charge >= 0.3 is 0 Å². The van der Waals surface area contributed by atoms with Crippen LogP contribution in [0, 0.1) is 0 Å². The van der Waals surface area contributed by atoms with Gasteiger partial charge in [-0.15, -0.1) is 0 Å². The third-order valence-electron chi connectivity index (χ3n) is 5.34. The number of nitrogens with one attached hydrogen (secondary N) is 1. The molecule has 8 heteroatoms. The van der Waals surface area contributed by atoms with Gasteiger partial charge in [0.1, 0.15) is 6.54 Å². The normalized spacial score (nSPS) is 14.8. The fraction of sp³-hybridized carbons (Fsp3) is 0.391. The Bertz CT molecular complexity index is 995. The maximum atomic E-state index is 12.4. The number of likely N-dealkylation sites (tertiary alicyclic amines) is 1. The van der Waals surface area contributed by atoms with Crippen LogP contribution in [0.5, 0.6) is 0 Å². The van der Waals surface area contributed by atoms with Crippen molar-refractivity contribution in [2.24, 2.45) is 5.10 Å². The van der Waals surface area contributed by atoms with Crippen LogP contribution < -0.4 is 9.73 Å². The predicted octanol–water partition coefficient (Wildman–Crippen LogP) is 2.78. The first-order valence-corrected chi connectivity index (χ1v) is 12.4. The van der Waals surface area contributed by atoms with Gasteiger partial charge in [-0.2, -0.15) is 5.10 Å². The second-order valence-electron chi connectivity index (χ2n) is 7.76. The number of anilines is 1. The molecule has 0 radical (unpaired) electrons. The molecule has 1 amide bonds. The zero-order chi connectivity index (χ0) is 22.3. The molecule has 1 fully saturated rings. The molecule has 0 unspecified atom stereocenters. The maximum Gasteiger partial charge on any atom is 0.260 e. The Morgan fingerprint density at radius 2 is 1.68 bits per heavy atom. The van der Waals surface area contributed by atoms with Crippen LogP contribution in [0.25, 0.3) is 0 Å². The van der Waals surface area contributed by atoms with Crippen LogP contribution in [0.3, 0.4) is 0 Å². The Labute approximate surface area is 184 Å². The molecule has 1 aliphatic heterocycles. The van der Waals surface area contributed by atoms with Gasteiger partial charge in [0.05, 0.1) is 11.9 Å². The lowest BCUT2D eigenvalue weighted by Crippen LogP contribution is -2.40. The molecule has 0 atom stereocenters. The number of rotatable bonds is 8. The van der Waals surface area contributed by atoms with E-state index >= 15 is 0 Å². The summed E-state index contributed by atoms with van der Waals surface area (Å²) in [4.78, 5) is 14.8. The summed E-state index contributed by atoms with van der Waals surface area (Å²) in [5, 5.41) is 4.25. The molecular formula is C23H30N4O3S. The van der Waals surface area contributed by atoms with Gasteiger partial charge in [0, 0.05) is 38.2 Å². The third kappa shape index (κ3) is 6.90. The molecule has 0 saturated carbocycles. The molecule has 0 bridgehead atoms. The Balaban J connectivity index is 1.53. The van der Waals surface area contributed by atoms with Crippen LogP contribution in [0.4, 0.5) is 5.69 Å². The van der Waals surface area contributed by atoms with Gasteiger partial charge in [-0.3, -0.25) is 14.0 Å². The Kier molecular flexibility index (Phi) is 7.81. The van der Waals surface area contributed by atoms with Crippen molar-refractivity contribution in [3.05, 3.63) is 65.7 Å². The van der Waals surface area contributed by atoms with E-state index in [4.69, 9.17) is 0 Å². The zero-order valence-electron chi connectivity index (χ0n) is 18.1. The summed E-state index contributed by atoms with van der Waals surface area (Å²) >= 11 is 0. The number of nitrogens with zero attached hydrogens (tertiary/aromatic N) is 3. The topological polar surface area (TPSA) is 82.1 Å². The van der Waals surface area contributed by atoms with Crippen LogP contribution in [0.15, 0.2) is 59.7 Å². The van der Waals surface area contributed by atoms with Gasteiger partial charge in [0.2, 0.25) is 10.0 Å². The molecular weight excluding hydrogens is 412 g/mol. The van der Waals surface area contributed by atoms with Gasteiger partial charge in [-0.1, -0.05) is 49.4 Å². The van der Waals surface area contributed by atoms with Crippen molar-refractivity contribution in [2.45, 2.75) is 32.7 Å². The highest BCUT2D eigenvalue weighted by Crippen LogP contribution is 2.18. The molecule has 1 heterocycles. The minimum Gasteiger partial charge on any atom is -0.298 e. The smallest absolute Gasteiger partial charge is 0.260 e. The van der Waals surface area contributed by atoms with E-state index in [0.29, 0.717) is 5.69 Å². The highest BCUT2D eigenvalue weighted by Gasteiger charge is 2.21. The van der Waals surface area contributed by atoms with E-state index in [2.05, 4.69) is 27.6 Å². The number of benzene rings is 2. The SMILES string of the molecule is CCc1ccc(N(CC(=O)NN=C2CCN(Cc3ccccc3)CC2)S(C)(=O)=O)cc1. The highest BCUT2D eigenvalue weighted by atomic mass is 32.2. The molecule has 3 rings (SSSR count). The molecule has 2 aromatic rings. The van der Waals surface area contributed by atoms with Crippen molar-refractivity contribution in [3.8, 4) is 0 Å². The number of aryl methyl sites for hydroxylation is 1. The minimum absolute atomic E-state index is 0.304. The summed E-state index contributed by atoms with van der Waals surface area (Å²) in [5.74, 6) is -0.454. The Morgan fingerprint density at radius 1 is 1.03 bits per heavy atom. The molecule has 0 aliphatic carbocycles. The molecule has 31 heavy (non-hydrogen) atoms. The summed E-state index contributed by atoms with van der Waals surface area (Å²) in [6, 6.07) is 17.5. The van der Waals surface area contributed by atoms with E-state index in [1.54, 1.807) is 12.1 Å². The second kappa shape index (κ2) is 10.5. The first kappa shape index (κ1) is 23.0. The van der Waals surface area contributed by atoms with Crippen LogP contribution in [-0.2, 0) is 27.8 Å². The van der Waals surface area contributed by atoms with E-state index in [-0.39, 0.29) is 6.54 Å². The van der Waals surface area contributed by atoms with Crippen molar-refractivity contribution in [2.75, 3.05) is 30.2 Å². The average molecular weight is 443 g/mol. The Morgan fingerprint density at radius 3 is 2.26 bits per heavy atom. The van der Waals surface area contributed by atoms with Gasteiger partial charge in [-0.25, -0.2) is 13.8 Å². The summed E-state index contributed by atoms with van der Waals surface area (Å²) < 4.78 is 25.5. The number of carbonyl (C=O) groups is 1. The van der Waals surface area contributed by atoms with E-state index < -0.39 is 15.9 Å². The number of amides is 1. The van der Waals surface area contributed by atoms with Crippen molar-refractivity contribution >= 4 is 27.3 Å². The Hall–Kier alpha value is -2.71. The van der Waals surface area contributed by atoms with Crippen molar-refractivity contribution in [1.29, 1.82) is 0 Å². The van der Waals surface area contributed by atoms with Gasteiger partial charge < -0.3 is 0 Å². The molecule has 0 aromatic heterocycles. The molecule has 2 aromatic carbocycles. The van der Waals surface area contributed by atoms with E-state index in [0.717, 1.165) is 60.7 Å². The lowest BCUT2D eigenvalue weighted by molar-refractivity contribution is -0.119. The monoisotopic (exact) mass is 442 g/mol. The second-order valence-corrected chi connectivity index (χ2v) is 9.67. The predicted molar refractivity (Wildman–Crippen MR) is 125 cm³/mol. The standard InChI is InChI=1S/C23H30N4O3S/c1-3-19-9-11-22(12-10-19)27(31(2,29)30)18-23(28)25-24-21-13-15-26(16-14-21)17-20-7-5-4-6-8-20/h4-12H,3,13-18H2,1-2H3,(H,25,28). The van der Waals surface area contributed by atoms with Gasteiger partial charge in [-0.05, 0) is 29.7 Å². The summed E-state index contributed by atoms with van der Waals surface area (Å²) in [6.07, 6.45) is 3.52. The van der Waals surface area contributed by atoms with Crippen molar-refractivity contribution < 1.29 is 13.2 Å². The number of hydrogen-bond acceptors (Lipinski definition) is 5. The van der Waals surface area contributed by atoms with E-state index in [1.165, 1.54) is 5.56 Å². The highest BCUT2D eigenvalue weighted by molar-refractivity contribution is 7.92. The van der Waals surface area contributed by atoms with Crippen molar-refractivity contribution in [1.82, 2.24) is 10.3 Å². The first-order valence-electron chi connectivity index (χ1n) is 10.5. The first-order chi connectivity index (χ1) is 14.8. The van der Waals surface area contributed by atoms with E-state index in [1.807, 2.05) is 37.3 Å². The molecule has 1 saturated heterocycles. The quantitative estimate of drug-likeness (QED) is 0.638. The molecule has 7 nitrogen and oxygen atoms in total.